The molecule has 0 unspecified atom stereocenters. The van der Waals surface area contributed by atoms with Crippen molar-refractivity contribution in [3.63, 3.8) is 0 Å². The van der Waals surface area contributed by atoms with Gasteiger partial charge in [-0.2, -0.15) is 13.2 Å². The van der Waals surface area contributed by atoms with Crippen molar-refractivity contribution < 1.29 is 13.2 Å². The molecule has 0 bridgehead atoms. The van der Waals surface area contributed by atoms with E-state index in [1.807, 2.05) is 25.2 Å². The van der Waals surface area contributed by atoms with Gasteiger partial charge >= 0.3 is 6.18 Å². The second kappa shape index (κ2) is 11.1. The van der Waals surface area contributed by atoms with Gasteiger partial charge in [-0.25, -0.2) is 0 Å². The molecule has 184 valence electrons. The van der Waals surface area contributed by atoms with Gasteiger partial charge in [0.15, 0.2) is 0 Å². The van der Waals surface area contributed by atoms with Gasteiger partial charge in [-0.3, -0.25) is 5.32 Å². The zero-order chi connectivity index (χ0) is 24.8. The zero-order valence-electron chi connectivity index (χ0n) is 20.2. The van der Waals surface area contributed by atoms with Crippen LogP contribution < -0.4 is 10.6 Å². The summed E-state index contributed by atoms with van der Waals surface area (Å²) in [4.78, 5) is 0. The molecule has 0 aromatic heterocycles. The van der Waals surface area contributed by atoms with Crippen molar-refractivity contribution in [2.75, 3.05) is 7.05 Å². The number of aryl methyl sites for hydroxylation is 3. The van der Waals surface area contributed by atoms with E-state index >= 15 is 0 Å². The second-order valence-corrected chi connectivity index (χ2v) is 9.31. The van der Waals surface area contributed by atoms with Gasteiger partial charge in [0.25, 0.3) is 0 Å². The lowest BCUT2D eigenvalue weighted by atomic mass is 9.87. The van der Waals surface area contributed by atoms with E-state index < -0.39 is 11.7 Å². The Bertz CT molecular complexity index is 1120. The molecular weight excluding hydrogens is 445 g/mol. The fourth-order valence-corrected chi connectivity index (χ4v) is 4.88. The summed E-state index contributed by atoms with van der Waals surface area (Å²) < 4.78 is 38.9. The summed E-state index contributed by atoms with van der Waals surface area (Å²) in [6, 6.07) is 22.4. The molecule has 35 heavy (non-hydrogen) atoms. The molecule has 1 aliphatic carbocycles. The lowest BCUT2D eigenvalue weighted by Gasteiger charge is -2.29. The van der Waals surface area contributed by atoms with E-state index in [2.05, 4.69) is 47.5 Å². The van der Waals surface area contributed by atoms with Crippen molar-refractivity contribution >= 4 is 0 Å². The minimum absolute atomic E-state index is 0.0137. The highest BCUT2D eigenvalue weighted by molar-refractivity contribution is 5.36. The van der Waals surface area contributed by atoms with Crippen molar-refractivity contribution in [2.24, 2.45) is 0 Å². The number of rotatable bonds is 9. The van der Waals surface area contributed by atoms with Crippen LogP contribution in [0.1, 0.15) is 64.7 Å². The summed E-state index contributed by atoms with van der Waals surface area (Å²) in [6.45, 7) is 4.24. The summed E-state index contributed by atoms with van der Waals surface area (Å²) in [7, 11) is 1.87. The van der Waals surface area contributed by atoms with E-state index in [9.17, 15) is 13.2 Å². The van der Waals surface area contributed by atoms with Crippen LogP contribution in [0.5, 0.6) is 0 Å². The third-order valence-corrected chi connectivity index (χ3v) is 6.95. The summed E-state index contributed by atoms with van der Waals surface area (Å²) >= 11 is 0. The van der Waals surface area contributed by atoms with Crippen molar-refractivity contribution in [3.8, 4) is 0 Å². The third kappa shape index (κ3) is 6.34. The fraction of sp³-hybridized carbons (Fsp3) is 0.333. The average Bonchev–Trinajstić information content (AvgIpc) is 2.88. The van der Waals surface area contributed by atoms with E-state index in [0.29, 0.717) is 6.42 Å². The first kappa shape index (κ1) is 25.1. The molecule has 0 heterocycles. The molecule has 0 fully saturated rings. The van der Waals surface area contributed by atoms with Crippen LogP contribution in [0.4, 0.5) is 13.2 Å². The van der Waals surface area contributed by atoms with Crippen molar-refractivity contribution in [2.45, 2.75) is 56.8 Å². The van der Waals surface area contributed by atoms with Crippen LogP contribution >= 0.6 is 0 Å². The van der Waals surface area contributed by atoms with Gasteiger partial charge in [0, 0.05) is 18.8 Å². The molecule has 0 saturated heterocycles. The highest BCUT2D eigenvalue weighted by atomic mass is 19.4. The Kier molecular flexibility index (Phi) is 7.97. The first-order valence-electron chi connectivity index (χ1n) is 12.3. The number of likely N-dealkylation sites (N-methyl/N-ethyl adjacent to an activating group) is 1. The van der Waals surface area contributed by atoms with Gasteiger partial charge < -0.3 is 5.32 Å². The molecule has 0 radical (unpaired) electrons. The number of hydrogen-bond acceptors (Lipinski definition) is 2. The quantitative estimate of drug-likeness (QED) is 0.337. The number of fused-ring (bicyclic) bond motifs is 1. The molecule has 1 aliphatic rings. The normalized spacial score (nSPS) is 15.2. The Morgan fingerprint density at radius 2 is 1.57 bits per heavy atom. The third-order valence-electron chi connectivity index (χ3n) is 6.95. The summed E-state index contributed by atoms with van der Waals surface area (Å²) in [5.74, 6) is 0. The largest absolute Gasteiger partial charge is 0.416 e. The lowest BCUT2D eigenvalue weighted by Crippen LogP contribution is -2.31. The van der Waals surface area contributed by atoms with Crippen LogP contribution in [0.3, 0.4) is 0 Å². The topological polar surface area (TPSA) is 24.1 Å². The molecule has 4 rings (SSSR count). The van der Waals surface area contributed by atoms with E-state index in [-0.39, 0.29) is 12.1 Å². The predicted molar refractivity (Wildman–Crippen MR) is 136 cm³/mol. The number of benzene rings is 3. The van der Waals surface area contributed by atoms with Crippen molar-refractivity contribution in [3.05, 3.63) is 118 Å². The van der Waals surface area contributed by atoms with E-state index in [1.165, 1.54) is 41.7 Å². The monoisotopic (exact) mass is 478 g/mol. The maximum atomic E-state index is 13.0. The standard InChI is InChI=1S/C30H33F3N2/c1-21(34-2)29(24-9-4-3-5-10-24)35-28(26-16-15-23-8-6-7-11-25(23)20-26)19-14-22-12-17-27(18-13-22)30(31,32)33/h3-5,9-10,12-13,15-18,20,28-29,34-35H,1,6-8,11,14,19H2,2H3/t28-,29+/m1/s1. The van der Waals surface area contributed by atoms with E-state index in [0.717, 1.165) is 36.1 Å². The van der Waals surface area contributed by atoms with Crippen LogP contribution in [-0.2, 0) is 25.4 Å². The number of hydrogen-bond donors (Lipinski definition) is 2. The van der Waals surface area contributed by atoms with E-state index in [4.69, 9.17) is 0 Å². The molecule has 5 heteroatoms. The number of halogens is 3. The fourth-order valence-electron chi connectivity index (χ4n) is 4.88. The van der Waals surface area contributed by atoms with Crippen molar-refractivity contribution in [1.82, 2.24) is 10.6 Å². The molecule has 2 nitrogen and oxygen atoms in total. The minimum Gasteiger partial charge on any atom is -0.390 e. The van der Waals surface area contributed by atoms with Crippen molar-refractivity contribution in [1.29, 1.82) is 0 Å². The molecule has 3 aromatic rings. The molecule has 0 spiro atoms. The zero-order valence-corrected chi connectivity index (χ0v) is 20.2. The number of nitrogens with one attached hydrogen (secondary N) is 2. The van der Waals surface area contributed by atoms with Gasteiger partial charge in [-0.15, -0.1) is 0 Å². The summed E-state index contributed by atoms with van der Waals surface area (Å²) in [5.41, 5.74) is 6.33. The SMILES string of the molecule is C=C(NC)[C@H](N[C@H](CCc1ccc(C(F)(F)F)cc1)c1ccc2c(c1)CCCC2)c1ccccc1. The van der Waals surface area contributed by atoms with Gasteiger partial charge in [0.1, 0.15) is 0 Å². The molecule has 3 aromatic carbocycles. The Morgan fingerprint density at radius 1 is 0.886 bits per heavy atom. The molecule has 2 atom stereocenters. The molecule has 2 N–H and O–H groups in total. The molecule has 0 amide bonds. The minimum atomic E-state index is -4.32. The smallest absolute Gasteiger partial charge is 0.390 e. The van der Waals surface area contributed by atoms with Crippen LogP contribution in [0, 0.1) is 0 Å². The maximum absolute atomic E-state index is 13.0. The number of alkyl halides is 3. The van der Waals surface area contributed by atoms with E-state index in [1.54, 1.807) is 12.1 Å². The molecule has 0 saturated carbocycles. The Morgan fingerprint density at radius 3 is 2.23 bits per heavy atom. The van der Waals surface area contributed by atoms with Crippen LogP contribution in [-0.4, -0.2) is 7.05 Å². The van der Waals surface area contributed by atoms with Crippen LogP contribution in [0.15, 0.2) is 85.1 Å². The first-order chi connectivity index (χ1) is 16.8. The Balaban J connectivity index is 1.60. The highest BCUT2D eigenvalue weighted by Crippen LogP contribution is 2.32. The Hall–Kier alpha value is -3.05. The maximum Gasteiger partial charge on any atom is 0.416 e. The Labute approximate surface area is 206 Å². The van der Waals surface area contributed by atoms with Crippen LogP contribution in [0.2, 0.25) is 0 Å². The predicted octanol–water partition coefficient (Wildman–Crippen LogP) is 7.32. The van der Waals surface area contributed by atoms with Gasteiger partial charge in [-0.1, -0.05) is 67.2 Å². The molecule has 0 aliphatic heterocycles. The van der Waals surface area contributed by atoms with Crippen LogP contribution in [0.25, 0.3) is 0 Å². The first-order valence-corrected chi connectivity index (χ1v) is 12.3. The average molecular weight is 479 g/mol. The molecular formula is C30H33F3N2. The summed E-state index contributed by atoms with van der Waals surface area (Å²) in [5, 5.41) is 7.01. The van der Waals surface area contributed by atoms with Gasteiger partial charge in [0.2, 0.25) is 0 Å². The van der Waals surface area contributed by atoms with Gasteiger partial charge in [-0.05, 0) is 78.5 Å². The summed E-state index contributed by atoms with van der Waals surface area (Å²) in [6.07, 6.45) is 1.78. The second-order valence-electron chi connectivity index (χ2n) is 9.31. The lowest BCUT2D eigenvalue weighted by molar-refractivity contribution is -0.137. The highest BCUT2D eigenvalue weighted by Gasteiger charge is 2.30. The van der Waals surface area contributed by atoms with Gasteiger partial charge in [0.05, 0.1) is 11.6 Å².